The fourth-order valence-corrected chi connectivity index (χ4v) is 5.57. The average molecular weight is 457 g/mol. The van der Waals surface area contributed by atoms with E-state index in [9.17, 15) is 13.2 Å². The van der Waals surface area contributed by atoms with Crippen molar-refractivity contribution < 1.29 is 17.9 Å². The topological polar surface area (TPSA) is 75.7 Å². The molecule has 6 nitrogen and oxygen atoms in total. The minimum Gasteiger partial charge on any atom is -0.495 e. The maximum atomic E-state index is 13.5. The summed E-state index contributed by atoms with van der Waals surface area (Å²) in [6.07, 6.45) is 3.90. The number of carbonyl (C=O) groups is 1. The fourth-order valence-electron chi connectivity index (χ4n) is 3.40. The van der Waals surface area contributed by atoms with E-state index in [0.29, 0.717) is 5.75 Å². The number of amides is 1. The van der Waals surface area contributed by atoms with Crippen molar-refractivity contribution in [1.82, 2.24) is 5.32 Å². The van der Waals surface area contributed by atoms with Gasteiger partial charge in [0.2, 0.25) is 5.91 Å². The fraction of sp³-hybridized carbons (Fsp3) is 0.350. The second kappa shape index (κ2) is 9.24. The van der Waals surface area contributed by atoms with Crippen LogP contribution >= 0.6 is 23.2 Å². The van der Waals surface area contributed by atoms with Crippen LogP contribution in [0.3, 0.4) is 0 Å². The molecule has 0 spiro atoms. The van der Waals surface area contributed by atoms with Gasteiger partial charge in [-0.25, -0.2) is 8.42 Å². The standard InChI is InChI=1S/C20H22Cl2N2O4S/c1-28-18-9-5-4-8-17(18)24(13-20(25)23-15-6-2-3-7-15)29(26,27)19-12-14(21)10-11-16(19)22/h4-5,8-12,15H,2-3,6-7,13H2,1H3,(H,23,25). The van der Waals surface area contributed by atoms with E-state index >= 15 is 0 Å². The lowest BCUT2D eigenvalue weighted by atomic mass is 10.2. The van der Waals surface area contributed by atoms with E-state index in [0.717, 1.165) is 30.0 Å². The highest BCUT2D eigenvalue weighted by Crippen LogP contribution is 2.35. The van der Waals surface area contributed by atoms with Crippen molar-refractivity contribution in [2.45, 2.75) is 36.6 Å². The smallest absolute Gasteiger partial charge is 0.266 e. The van der Waals surface area contributed by atoms with E-state index in [1.54, 1.807) is 24.3 Å². The zero-order valence-electron chi connectivity index (χ0n) is 15.9. The van der Waals surface area contributed by atoms with Gasteiger partial charge in [0.1, 0.15) is 17.2 Å². The number of hydrogen-bond acceptors (Lipinski definition) is 4. The summed E-state index contributed by atoms with van der Waals surface area (Å²) < 4.78 is 33.3. The second-order valence-corrected chi connectivity index (χ2v) is 9.48. The number of rotatable bonds is 7. The van der Waals surface area contributed by atoms with E-state index < -0.39 is 16.6 Å². The normalized spacial score (nSPS) is 14.6. The number of carbonyl (C=O) groups excluding carboxylic acids is 1. The highest BCUT2D eigenvalue weighted by molar-refractivity contribution is 7.93. The predicted octanol–water partition coefficient (Wildman–Crippen LogP) is 4.26. The maximum absolute atomic E-state index is 13.5. The molecule has 0 unspecified atom stereocenters. The Kier molecular flexibility index (Phi) is 6.93. The summed E-state index contributed by atoms with van der Waals surface area (Å²) in [6, 6.07) is 10.9. The molecular weight excluding hydrogens is 435 g/mol. The van der Waals surface area contributed by atoms with Crippen LogP contribution in [-0.4, -0.2) is 34.0 Å². The van der Waals surface area contributed by atoms with Gasteiger partial charge in [-0.3, -0.25) is 9.10 Å². The van der Waals surface area contributed by atoms with Crippen LogP contribution in [0.25, 0.3) is 0 Å². The molecule has 2 aromatic rings. The lowest BCUT2D eigenvalue weighted by Crippen LogP contribution is -2.43. The highest BCUT2D eigenvalue weighted by atomic mass is 35.5. The SMILES string of the molecule is COc1ccccc1N(CC(=O)NC1CCCC1)S(=O)(=O)c1cc(Cl)ccc1Cl. The van der Waals surface area contributed by atoms with Crippen LogP contribution in [0.1, 0.15) is 25.7 Å². The third-order valence-corrected chi connectivity index (χ3v) is 7.30. The number of benzene rings is 2. The number of nitrogens with zero attached hydrogens (tertiary/aromatic N) is 1. The second-order valence-electron chi connectivity index (χ2n) is 6.81. The molecule has 156 valence electrons. The number of hydrogen-bond donors (Lipinski definition) is 1. The molecule has 1 saturated carbocycles. The molecule has 0 atom stereocenters. The highest BCUT2D eigenvalue weighted by Gasteiger charge is 2.32. The van der Waals surface area contributed by atoms with Crippen molar-refractivity contribution in [2.75, 3.05) is 18.0 Å². The Balaban J connectivity index is 2.02. The minimum absolute atomic E-state index is 0.0190. The van der Waals surface area contributed by atoms with Crippen LogP contribution in [0.5, 0.6) is 5.75 Å². The zero-order valence-corrected chi connectivity index (χ0v) is 18.2. The molecule has 9 heteroatoms. The minimum atomic E-state index is -4.19. The summed E-state index contributed by atoms with van der Waals surface area (Å²) in [5, 5.41) is 3.17. The Bertz CT molecular complexity index is 992. The molecule has 0 aromatic heterocycles. The summed E-state index contributed by atoms with van der Waals surface area (Å²) in [5.41, 5.74) is 0.243. The Morgan fingerprint density at radius 2 is 1.86 bits per heavy atom. The van der Waals surface area contributed by atoms with Crippen molar-refractivity contribution in [3.63, 3.8) is 0 Å². The van der Waals surface area contributed by atoms with Gasteiger partial charge in [-0.2, -0.15) is 0 Å². The van der Waals surface area contributed by atoms with Crippen molar-refractivity contribution in [2.24, 2.45) is 0 Å². The molecule has 29 heavy (non-hydrogen) atoms. The molecule has 0 heterocycles. The molecule has 1 fully saturated rings. The number of halogens is 2. The van der Waals surface area contributed by atoms with Gasteiger partial charge in [-0.1, -0.05) is 48.2 Å². The third kappa shape index (κ3) is 4.97. The van der Waals surface area contributed by atoms with Crippen LogP contribution < -0.4 is 14.4 Å². The molecule has 1 N–H and O–H groups in total. The number of methoxy groups -OCH3 is 1. The van der Waals surface area contributed by atoms with E-state index in [2.05, 4.69) is 5.32 Å². The third-order valence-electron chi connectivity index (χ3n) is 4.82. The van der Waals surface area contributed by atoms with E-state index in [4.69, 9.17) is 27.9 Å². The molecule has 2 aromatic carbocycles. The first kappa shape index (κ1) is 21.7. The summed E-state index contributed by atoms with van der Waals surface area (Å²) in [5.74, 6) is -0.0626. The summed E-state index contributed by atoms with van der Waals surface area (Å²) in [7, 11) is -2.75. The van der Waals surface area contributed by atoms with Crippen LogP contribution in [0, 0.1) is 0 Å². The van der Waals surface area contributed by atoms with Gasteiger partial charge in [0.15, 0.2) is 0 Å². The van der Waals surface area contributed by atoms with Gasteiger partial charge in [0.25, 0.3) is 10.0 Å². The van der Waals surface area contributed by atoms with Gasteiger partial charge in [0.05, 0.1) is 17.8 Å². The Hall–Kier alpha value is -1.96. The van der Waals surface area contributed by atoms with Gasteiger partial charge < -0.3 is 10.1 Å². The molecule has 1 aliphatic rings. The van der Waals surface area contributed by atoms with Gasteiger partial charge in [0, 0.05) is 11.1 Å². The molecule has 3 rings (SSSR count). The molecular formula is C20H22Cl2N2O4S. The van der Waals surface area contributed by atoms with Gasteiger partial charge in [-0.05, 0) is 43.2 Å². The van der Waals surface area contributed by atoms with Crippen molar-refractivity contribution in [1.29, 1.82) is 0 Å². The first-order valence-corrected chi connectivity index (χ1v) is 11.4. The monoisotopic (exact) mass is 456 g/mol. The average Bonchev–Trinajstić information content (AvgIpc) is 3.20. The largest absolute Gasteiger partial charge is 0.495 e. The summed E-state index contributed by atoms with van der Waals surface area (Å²) in [6.45, 7) is -0.401. The molecule has 1 aliphatic carbocycles. The van der Waals surface area contributed by atoms with E-state index in [1.807, 2.05) is 0 Å². The quantitative estimate of drug-likeness (QED) is 0.675. The molecule has 0 saturated heterocycles. The van der Waals surface area contributed by atoms with Gasteiger partial charge >= 0.3 is 0 Å². The van der Waals surface area contributed by atoms with Crippen LogP contribution in [0.4, 0.5) is 5.69 Å². The Morgan fingerprint density at radius 1 is 1.17 bits per heavy atom. The molecule has 0 aliphatic heterocycles. The predicted molar refractivity (Wildman–Crippen MR) is 114 cm³/mol. The molecule has 0 bridgehead atoms. The number of ether oxygens (including phenoxy) is 1. The maximum Gasteiger partial charge on any atom is 0.266 e. The number of anilines is 1. The van der Waals surface area contributed by atoms with Crippen LogP contribution in [-0.2, 0) is 14.8 Å². The van der Waals surface area contributed by atoms with Crippen molar-refractivity contribution in [3.05, 3.63) is 52.5 Å². The molecule has 1 amide bonds. The van der Waals surface area contributed by atoms with Crippen LogP contribution in [0.2, 0.25) is 10.0 Å². The van der Waals surface area contributed by atoms with Gasteiger partial charge in [-0.15, -0.1) is 0 Å². The van der Waals surface area contributed by atoms with Crippen LogP contribution in [0.15, 0.2) is 47.4 Å². The number of para-hydroxylation sites is 2. The number of nitrogens with one attached hydrogen (secondary N) is 1. The lowest BCUT2D eigenvalue weighted by Gasteiger charge is -2.26. The lowest BCUT2D eigenvalue weighted by molar-refractivity contribution is -0.120. The molecule has 0 radical (unpaired) electrons. The van der Waals surface area contributed by atoms with E-state index in [1.165, 1.54) is 25.3 Å². The zero-order chi connectivity index (χ0) is 21.0. The Labute approximate surface area is 180 Å². The first-order chi connectivity index (χ1) is 13.8. The summed E-state index contributed by atoms with van der Waals surface area (Å²) >= 11 is 12.2. The first-order valence-electron chi connectivity index (χ1n) is 9.23. The number of sulfonamides is 1. The Morgan fingerprint density at radius 3 is 2.55 bits per heavy atom. The van der Waals surface area contributed by atoms with Crippen molar-refractivity contribution in [3.8, 4) is 5.75 Å². The summed E-state index contributed by atoms with van der Waals surface area (Å²) in [4.78, 5) is 12.5. The van der Waals surface area contributed by atoms with E-state index in [-0.39, 0.29) is 32.6 Å². The van der Waals surface area contributed by atoms with Crippen molar-refractivity contribution >= 4 is 44.8 Å².